The number of benzene rings is 1. The standard InChI is InChI=1S/C18H21F2NO4/c19-14-4-1-5-15(20)17(14)12-9-13(12)18(24)21(7-6-16(22)23)10-11-3-2-8-25-11/h1,4-5,11-13H,2-3,6-10H2,(H,22,23)/t11-,12-,13+/m0/s1. The van der Waals surface area contributed by atoms with Gasteiger partial charge >= 0.3 is 5.97 Å². The molecule has 25 heavy (non-hydrogen) atoms. The minimum absolute atomic E-state index is 0.0452. The molecule has 2 fully saturated rings. The highest BCUT2D eigenvalue weighted by atomic mass is 19.1. The molecule has 3 atom stereocenters. The van der Waals surface area contributed by atoms with Gasteiger partial charge in [-0.1, -0.05) is 6.07 Å². The van der Waals surface area contributed by atoms with E-state index in [2.05, 4.69) is 0 Å². The molecule has 0 unspecified atom stereocenters. The average Bonchev–Trinajstić information content (AvgIpc) is 3.16. The third-order valence-electron chi connectivity index (χ3n) is 4.83. The smallest absolute Gasteiger partial charge is 0.305 e. The highest BCUT2D eigenvalue weighted by Crippen LogP contribution is 2.50. The zero-order chi connectivity index (χ0) is 18.0. The highest BCUT2D eigenvalue weighted by molar-refractivity contribution is 5.83. The van der Waals surface area contributed by atoms with Crippen LogP contribution in [0.2, 0.25) is 0 Å². The Hall–Kier alpha value is -2.02. The van der Waals surface area contributed by atoms with Gasteiger partial charge in [-0.3, -0.25) is 9.59 Å². The number of nitrogens with zero attached hydrogens (tertiary/aromatic N) is 1. The van der Waals surface area contributed by atoms with Crippen LogP contribution in [0.1, 0.15) is 37.2 Å². The quantitative estimate of drug-likeness (QED) is 0.818. The van der Waals surface area contributed by atoms with Gasteiger partial charge in [-0.05, 0) is 31.4 Å². The van der Waals surface area contributed by atoms with Crippen molar-refractivity contribution < 1.29 is 28.2 Å². The zero-order valence-electron chi connectivity index (χ0n) is 13.8. The second-order valence-corrected chi connectivity index (χ2v) is 6.65. The van der Waals surface area contributed by atoms with Gasteiger partial charge in [0.25, 0.3) is 0 Å². The van der Waals surface area contributed by atoms with Crippen LogP contribution in [-0.4, -0.2) is 47.7 Å². The predicted molar refractivity (Wildman–Crippen MR) is 85.0 cm³/mol. The summed E-state index contributed by atoms with van der Waals surface area (Å²) in [5.41, 5.74) is -0.0452. The van der Waals surface area contributed by atoms with Gasteiger partial charge in [-0.2, -0.15) is 0 Å². The van der Waals surface area contributed by atoms with Gasteiger partial charge in [-0.25, -0.2) is 8.78 Å². The Bertz CT molecular complexity index is 640. The van der Waals surface area contributed by atoms with E-state index in [1.54, 1.807) is 0 Å². The third-order valence-corrected chi connectivity index (χ3v) is 4.83. The van der Waals surface area contributed by atoms with Crippen LogP contribution in [0.5, 0.6) is 0 Å². The fourth-order valence-corrected chi connectivity index (χ4v) is 3.44. The first-order chi connectivity index (χ1) is 12.0. The van der Waals surface area contributed by atoms with Crippen molar-refractivity contribution in [3.8, 4) is 0 Å². The molecule has 2 aliphatic rings. The molecule has 7 heteroatoms. The Balaban J connectivity index is 1.68. The number of ether oxygens (including phenoxy) is 1. The molecule has 1 saturated heterocycles. The lowest BCUT2D eigenvalue weighted by atomic mass is 10.1. The fourth-order valence-electron chi connectivity index (χ4n) is 3.44. The molecule has 1 aliphatic heterocycles. The summed E-state index contributed by atoms with van der Waals surface area (Å²) >= 11 is 0. The molecule has 0 aromatic heterocycles. The molecule has 136 valence electrons. The van der Waals surface area contributed by atoms with Crippen molar-refractivity contribution in [2.24, 2.45) is 5.92 Å². The maximum atomic E-state index is 13.9. The number of carboxylic acids is 1. The lowest BCUT2D eigenvalue weighted by molar-refractivity contribution is -0.139. The lowest BCUT2D eigenvalue weighted by Crippen LogP contribution is -2.40. The van der Waals surface area contributed by atoms with E-state index in [0.717, 1.165) is 12.8 Å². The average molecular weight is 353 g/mol. The number of halogens is 2. The summed E-state index contributed by atoms with van der Waals surface area (Å²) < 4.78 is 33.3. The van der Waals surface area contributed by atoms with Crippen LogP contribution >= 0.6 is 0 Å². The first-order valence-electron chi connectivity index (χ1n) is 8.53. The van der Waals surface area contributed by atoms with Crippen molar-refractivity contribution in [2.45, 2.75) is 37.7 Å². The molecule has 1 aromatic carbocycles. The van der Waals surface area contributed by atoms with Gasteiger partial charge in [0.1, 0.15) is 11.6 Å². The molecule has 1 aliphatic carbocycles. The molecule has 0 bridgehead atoms. The Labute approximate surface area is 144 Å². The summed E-state index contributed by atoms with van der Waals surface area (Å²) in [6, 6.07) is 3.67. The Kier molecular flexibility index (Phi) is 5.32. The Morgan fingerprint density at radius 2 is 2.00 bits per heavy atom. The van der Waals surface area contributed by atoms with E-state index < -0.39 is 29.4 Å². The normalized spacial score (nSPS) is 25.0. The van der Waals surface area contributed by atoms with E-state index in [-0.39, 0.29) is 30.5 Å². The minimum atomic E-state index is -0.988. The summed E-state index contributed by atoms with van der Waals surface area (Å²) in [7, 11) is 0. The molecule has 5 nitrogen and oxygen atoms in total. The largest absolute Gasteiger partial charge is 0.481 e. The predicted octanol–water partition coefficient (Wildman–Crippen LogP) is 2.55. The number of carbonyl (C=O) groups excluding carboxylic acids is 1. The first-order valence-corrected chi connectivity index (χ1v) is 8.53. The van der Waals surface area contributed by atoms with Crippen LogP contribution in [0.15, 0.2) is 18.2 Å². The maximum absolute atomic E-state index is 13.9. The van der Waals surface area contributed by atoms with E-state index in [9.17, 15) is 18.4 Å². The zero-order valence-corrected chi connectivity index (χ0v) is 13.8. The number of hydrogen-bond acceptors (Lipinski definition) is 3. The highest BCUT2D eigenvalue weighted by Gasteiger charge is 2.48. The molecule has 1 aromatic rings. The SMILES string of the molecule is O=C(O)CCN(C[C@@H]1CCCO1)C(=O)[C@@H]1C[C@@H]1c1c(F)cccc1F. The minimum Gasteiger partial charge on any atom is -0.481 e. The van der Waals surface area contributed by atoms with Crippen LogP contribution in [0.3, 0.4) is 0 Å². The van der Waals surface area contributed by atoms with Gasteiger partial charge < -0.3 is 14.7 Å². The maximum Gasteiger partial charge on any atom is 0.305 e. The lowest BCUT2D eigenvalue weighted by Gasteiger charge is -2.25. The monoisotopic (exact) mass is 353 g/mol. The second-order valence-electron chi connectivity index (χ2n) is 6.65. The van der Waals surface area contributed by atoms with E-state index in [0.29, 0.717) is 19.6 Å². The molecular weight excluding hydrogens is 332 g/mol. The third kappa shape index (κ3) is 4.15. The summed E-state index contributed by atoms with van der Waals surface area (Å²) in [6.07, 6.45) is 1.86. The summed E-state index contributed by atoms with van der Waals surface area (Å²) in [5.74, 6) is -3.50. The summed E-state index contributed by atoms with van der Waals surface area (Å²) in [5, 5.41) is 8.89. The number of hydrogen-bond donors (Lipinski definition) is 1. The molecule has 1 N–H and O–H groups in total. The van der Waals surface area contributed by atoms with E-state index >= 15 is 0 Å². The topological polar surface area (TPSA) is 66.8 Å². The Morgan fingerprint density at radius 1 is 1.28 bits per heavy atom. The van der Waals surface area contributed by atoms with Crippen LogP contribution in [-0.2, 0) is 14.3 Å². The second kappa shape index (κ2) is 7.47. The van der Waals surface area contributed by atoms with Crippen molar-refractivity contribution in [1.29, 1.82) is 0 Å². The van der Waals surface area contributed by atoms with Crippen molar-refractivity contribution >= 4 is 11.9 Å². The summed E-state index contributed by atoms with van der Waals surface area (Å²) in [6.45, 7) is 1.05. The van der Waals surface area contributed by atoms with Gasteiger partial charge in [-0.15, -0.1) is 0 Å². The van der Waals surface area contributed by atoms with Crippen LogP contribution in [0, 0.1) is 17.6 Å². The van der Waals surface area contributed by atoms with Crippen molar-refractivity contribution in [2.75, 3.05) is 19.7 Å². The summed E-state index contributed by atoms with van der Waals surface area (Å²) in [4.78, 5) is 25.1. The van der Waals surface area contributed by atoms with E-state index in [1.165, 1.54) is 23.1 Å². The van der Waals surface area contributed by atoms with Gasteiger partial charge in [0.2, 0.25) is 5.91 Å². The van der Waals surface area contributed by atoms with Gasteiger partial charge in [0.15, 0.2) is 0 Å². The van der Waals surface area contributed by atoms with Crippen molar-refractivity contribution in [3.63, 3.8) is 0 Å². The van der Waals surface area contributed by atoms with Crippen molar-refractivity contribution in [1.82, 2.24) is 4.90 Å². The molecule has 1 amide bonds. The Morgan fingerprint density at radius 3 is 2.60 bits per heavy atom. The number of carboxylic acid groups (broad SMARTS) is 1. The van der Waals surface area contributed by atoms with Crippen LogP contribution in [0.25, 0.3) is 0 Å². The molecular formula is C18H21F2NO4. The number of carbonyl (C=O) groups is 2. The number of aliphatic carboxylic acids is 1. The van der Waals surface area contributed by atoms with Gasteiger partial charge in [0.05, 0.1) is 12.5 Å². The van der Waals surface area contributed by atoms with Crippen molar-refractivity contribution in [3.05, 3.63) is 35.4 Å². The fraction of sp³-hybridized carbons (Fsp3) is 0.556. The van der Waals surface area contributed by atoms with Crippen LogP contribution in [0.4, 0.5) is 8.78 Å². The van der Waals surface area contributed by atoms with E-state index in [4.69, 9.17) is 9.84 Å². The van der Waals surface area contributed by atoms with E-state index in [1.807, 2.05) is 0 Å². The van der Waals surface area contributed by atoms with Crippen LogP contribution < -0.4 is 0 Å². The number of rotatable bonds is 7. The molecule has 0 radical (unpaired) electrons. The molecule has 0 spiro atoms. The van der Waals surface area contributed by atoms with Gasteiger partial charge in [0, 0.05) is 37.1 Å². The number of amides is 1. The first kappa shape index (κ1) is 17.8. The molecule has 3 rings (SSSR count). The molecule has 1 heterocycles. The molecule has 1 saturated carbocycles.